The number of benzene rings is 1. The topological polar surface area (TPSA) is 107 Å². The Bertz CT molecular complexity index is 1360. The van der Waals surface area contributed by atoms with E-state index in [9.17, 15) is 9.59 Å². The van der Waals surface area contributed by atoms with Gasteiger partial charge in [0.15, 0.2) is 11.2 Å². The van der Waals surface area contributed by atoms with Gasteiger partial charge in [0.2, 0.25) is 5.43 Å². The second-order valence-corrected chi connectivity index (χ2v) is 7.64. The minimum Gasteiger partial charge on any atom is -0.341 e. The molecule has 4 rings (SSSR count). The number of aromatic amines is 1. The summed E-state index contributed by atoms with van der Waals surface area (Å²) in [5.41, 5.74) is 8.71. The van der Waals surface area contributed by atoms with Crippen LogP contribution in [-0.2, 0) is 6.54 Å². The number of aromatic nitrogens is 4. The molecule has 0 fully saturated rings. The number of nitrogens with zero attached hydrogens (tertiary/aromatic N) is 3. The van der Waals surface area contributed by atoms with Crippen molar-refractivity contribution in [2.75, 3.05) is 0 Å². The number of hydrogen-bond acceptors (Lipinski definition) is 5. The van der Waals surface area contributed by atoms with Crippen LogP contribution >= 0.6 is 11.6 Å². The van der Waals surface area contributed by atoms with Gasteiger partial charge in [0, 0.05) is 41.7 Å². The van der Waals surface area contributed by atoms with E-state index >= 15 is 0 Å². The fraction of sp³-hybridized carbons (Fsp3) is 0.182. The van der Waals surface area contributed by atoms with E-state index in [0.29, 0.717) is 28.3 Å². The largest absolute Gasteiger partial charge is 0.341 e. The molecule has 3 N–H and O–H groups in total. The van der Waals surface area contributed by atoms with Gasteiger partial charge < -0.3 is 15.3 Å². The van der Waals surface area contributed by atoms with Crippen LogP contribution in [-0.4, -0.2) is 19.5 Å². The standard InChI is InChI=1S/C22H20ClN5O2/c1-12(2)28-11-14(8-16(23)22(28)30)19-18(13-6-4-3-5-7-13)27-21-20(26-19)17(29)9-15(10-24)25-21/h3-9,11-12H,10,24H2,1-2H3,(H,25,27,29). The summed E-state index contributed by atoms with van der Waals surface area (Å²) in [7, 11) is 0. The Hall–Kier alpha value is -3.29. The van der Waals surface area contributed by atoms with Crippen molar-refractivity contribution in [3.05, 3.63) is 80.0 Å². The average Bonchev–Trinajstić information content (AvgIpc) is 2.75. The summed E-state index contributed by atoms with van der Waals surface area (Å²) in [6.07, 6.45) is 1.70. The molecule has 0 spiro atoms. The highest BCUT2D eigenvalue weighted by atomic mass is 35.5. The summed E-state index contributed by atoms with van der Waals surface area (Å²) in [6, 6.07) is 12.4. The van der Waals surface area contributed by atoms with Crippen molar-refractivity contribution in [2.24, 2.45) is 5.73 Å². The maximum absolute atomic E-state index is 12.6. The molecule has 0 bridgehead atoms. The Morgan fingerprint density at radius 1 is 1.07 bits per heavy atom. The van der Waals surface area contributed by atoms with Gasteiger partial charge >= 0.3 is 0 Å². The number of hydrogen-bond donors (Lipinski definition) is 2. The third-order valence-electron chi connectivity index (χ3n) is 4.81. The van der Waals surface area contributed by atoms with Crippen LogP contribution in [0.5, 0.6) is 0 Å². The molecule has 0 unspecified atom stereocenters. The number of nitrogens with one attached hydrogen (secondary N) is 1. The van der Waals surface area contributed by atoms with E-state index in [4.69, 9.17) is 22.3 Å². The van der Waals surface area contributed by atoms with Crippen molar-refractivity contribution < 1.29 is 0 Å². The molecule has 0 aliphatic rings. The van der Waals surface area contributed by atoms with E-state index in [1.54, 1.807) is 16.8 Å². The highest BCUT2D eigenvalue weighted by Crippen LogP contribution is 2.31. The fourth-order valence-electron chi connectivity index (χ4n) is 3.30. The fourth-order valence-corrected chi connectivity index (χ4v) is 3.51. The van der Waals surface area contributed by atoms with Gasteiger partial charge in [-0.15, -0.1) is 0 Å². The van der Waals surface area contributed by atoms with Crippen LogP contribution in [0.1, 0.15) is 25.6 Å². The number of pyridine rings is 2. The van der Waals surface area contributed by atoms with Crippen molar-refractivity contribution in [2.45, 2.75) is 26.4 Å². The summed E-state index contributed by atoms with van der Waals surface area (Å²) in [5, 5.41) is 0.0782. The number of H-pyrrole nitrogens is 1. The number of halogens is 1. The molecule has 0 aliphatic carbocycles. The number of fused-ring (bicyclic) bond motifs is 1. The predicted octanol–water partition coefficient (Wildman–Crippen LogP) is 3.51. The summed E-state index contributed by atoms with van der Waals surface area (Å²) in [6.45, 7) is 3.97. The molecule has 0 radical (unpaired) electrons. The minimum absolute atomic E-state index is 0.0782. The normalized spacial score (nSPS) is 11.4. The summed E-state index contributed by atoms with van der Waals surface area (Å²) < 4.78 is 1.54. The molecule has 0 saturated heterocycles. The Morgan fingerprint density at radius 2 is 1.77 bits per heavy atom. The lowest BCUT2D eigenvalue weighted by molar-refractivity contribution is 0.579. The van der Waals surface area contributed by atoms with Gasteiger partial charge in [-0.3, -0.25) is 9.59 Å². The molecular formula is C22H20ClN5O2. The number of rotatable bonds is 4. The Kier molecular flexibility index (Phi) is 5.24. The van der Waals surface area contributed by atoms with E-state index < -0.39 is 0 Å². The summed E-state index contributed by atoms with van der Waals surface area (Å²) in [5.74, 6) is 0. The minimum atomic E-state index is -0.282. The molecule has 0 amide bonds. The molecule has 0 atom stereocenters. The van der Waals surface area contributed by atoms with Crippen LogP contribution in [0, 0.1) is 0 Å². The second-order valence-electron chi connectivity index (χ2n) is 7.23. The second kappa shape index (κ2) is 7.85. The van der Waals surface area contributed by atoms with E-state index in [2.05, 4.69) is 9.97 Å². The lowest BCUT2D eigenvalue weighted by Crippen LogP contribution is -2.22. The van der Waals surface area contributed by atoms with Gasteiger partial charge in [0.05, 0.1) is 11.4 Å². The molecular weight excluding hydrogens is 402 g/mol. The molecule has 8 heteroatoms. The first kappa shape index (κ1) is 20.0. The summed E-state index contributed by atoms with van der Waals surface area (Å²) in [4.78, 5) is 37.5. The SMILES string of the molecule is CC(C)n1cc(-c2nc3c(=O)cc(CN)[nH]c3nc2-c2ccccc2)cc(Cl)c1=O. The van der Waals surface area contributed by atoms with E-state index in [-0.39, 0.29) is 34.1 Å². The molecule has 4 aromatic rings. The van der Waals surface area contributed by atoms with Crippen molar-refractivity contribution in [1.82, 2.24) is 19.5 Å². The maximum Gasteiger partial charge on any atom is 0.269 e. The zero-order valence-electron chi connectivity index (χ0n) is 16.5. The Balaban J connectivity index is 2.10. The monoisotopic (exact) mass is 421 g/mol. The van der Waals surface area contributed by atoms with Crippen LogP contribution in [0.15, 0.2) is 58.3 Å². The van der Waals surface area contributed by atoms with Gasteiger partial charge in [0.1, 0.15) is 5.02 Å². The predicted molar refractivity (Wildman–Crippen MR) is 119 cm³/mol. The molecule has 30 heavy (non-hydrogen) atoms. The third kappa shape index (κ3) is 3.53. The first-order chi connectivity index (χ1) is 14.4. The third-order valence-corrected chi connectivity index (χ3v) is 5.08. The smallest absolute Gasteiger partial charge is 0.269 e. The molecule has 0 aliphatic heterocycles. The van der Waals surface area contributed by atoms with Gasteiger partial charge in [0.25, 0.3) is 5.56 Å². The molecule has 3 aromatic heterocycles. The van der Waals surface area contributed by atoms with E-state index in [1.807, 2.05) is 44.2 Å². The van der Waals surface area contributed by atoms with Crippen molar-refractivity contribution in [1.29, 1.82) is 0 Å². The Labute approximate surface area is 177 Å². The zero-order chi connectivity index (χ0) is 21.4. The first-order valence-electron chi connectivity index (χ1n) is 9.50. The van der Waals surface area contributed by atoms with Crippen LogP contribution in [0.4, 0.5) is 0 Å². The van der Waals surface area contributed by atoms with Crippen LogP contribution in [0.25, 0.3) is 33.7 Å². The molecule has 0 saturated carbocycles. The Morgan fingerprint density at radius 3 is 2.43 bits per heavy atom. The van der Waals surface area contributed by atoms with Crippen molar-refractivity contribution >= 4 is 22.8 Å². The highest BCUT2D eigenvalue weighted by molar-refractivity contribution is 6.30. The van der Waals surface area contributed by atoms with Crippen molar-refractivity contribution in [3.63, 3.8) is 0 Å². The zero-order valence-corrected chi connectivity index (χ0v) is 17.3. The molecule has 3 heterocycles. The number of nitrogens with two attached hydrogens (primary N) is 1. The van der Waals surface area contributed by atoms with Gasteiger partial charge in [-0.05, 0) is 19.9 Å². The molecule has 7 nitrogen and oxygen atoms in total. The lowest BCUT2D eigenvalue weighted by atomic mass is 10.0. The molecule has 1 aromatic carbocycles. The van der Waals surface area contributed by atoms with Gasteiger partial charge in [-0.2, -0.15) is 0 Å². The molecule has 152 valence electrons. The lowest BCUT2D eigenvalue weighted by Gasteiger charge is -2.15. The van der Waals surface area contributed by atoms with Gasteiger partial charge in [-0.25, -0.2) is 9.97 Å². The van der Waals surface area contributed by atoms with Crippen LogP contribution in [0.2, 0.25) is 5.02 Å². The van der Waals surface area contributed by atoms with Gasteiger partial charge in [-0.1, -0.05) is 41.9 Å². The average molecular weight is 422 g/mol. The van der Waals surface area contributed by atoms with Crippen LogP contribution in [0.3, 0.4) is 0 Å². The highest BCUT2D eigenvalue weighted by Gasteiger charge is 2.18. The first-order valence-corrected chi connectivity index (χ1v) is 9.88. The van der Waals surface area contributed by atoms with Crippen LogP contribution < -0.4 is 16.7 Å². The van der Waals surface area contributed by atoms with Crippen molar-refractivity contribution in [3.8, 4) is 22.5 Å². The summed E-state index contributed by atoms with van der Waals surface area (Å²) >= 11 is 6.24. The maximum atomic E-state index is 12.6. The van der Waals surface area contributed by atoms with E-state index in [0.717, 1.165) is 5.56 Å². The van der Waals surface area contributed by atoms with E-state index in [1.165, 1.54) is 6.07 Å². The quantitative estimate of drug-likeness (QED) is 0.524.